The maximum absolute atomic E-state index is 4.28. The Bertz CT molecular complexity index is 969. The van der Waals surface area contributed by atoms with Gasteiger partial charge in [0.2, 0.25) is 0 Å². The van der Waals surface area contributed by atoms with E-state index in [1.165, 1.54) is 91.1 Å². The van der Waals surface area contributed by atoms with Crippen LogP contribution in [0, 0.1) is 6.92 Å². The van der Waals surface area contributed by atoms with E-state index in [4.69, 9.17) is 0 Å². The molecule has 210 valence electrons. The van der Waals surface area contributed by atoms with Crippen molar-refractivity contribution in [3.8, 4) is 0 Å². The van der Waals surface area contributed by atoms with Gasteiger partial charge < -0.3 is 9.80 Å². The molecule has 38 heavy (non-hydrogen) atoms. The number of hydrogen-bond acceptors (Lipinski definition) is 2. The third-order valence-corrected chi connectivity index (χ3v) is 7.01. The van der Waals surface area contributed by atoms with Crippen molar-refractivity contribution in [3.05, 3.63) is 101 Å². The number of likely N-dealkylation sites (N-methyl/N-ethyl adjacent to an activating group) is 1. The Balaban J connectivity index is 0.000000352. The molecule has 1 aliphatic rings. The van der Waals surface area contributed by atoms with Gasteiger partial charge in [-0.15, -0.1) is 6.58 Å². The third-order valence-electron chi connectivity index (χ3n) is 7.01. The Labute approximate surface area is 236 Å². The first kappa shape index (κ1) is 33.6. The lowest BCUT2D eigenvalue weighted by Crippen LogP contribution is -2.35. The van der Waals surface area contributed by atoms with Crippen LogP contribution in [0.25, 0.3) is 5.57 Å². The minimum atomic E-state index is 0.448. The molecular formula is C36H56N2. The van der Waals surface area contributed by atoms with Crippen LogP contribution in [-0.4, -0.2) is 49.1 Å². The van der Waals surface area contributed by atoms with E-state index < -0.39 is 0 Å². The van der Waals surface area contributed by atoms with Gasteiger partial charge in [-0.05, 0) is 101 Å². The van der Waals surface area contributed by atoms with Gasteiger partial charge in [-0.25, -0.2) is 0 Å². The minimum Gasteiger partial charge on any atom is -0.303 e. The molecular weight excluding hydrogens is 460 g/mol. The summed E-state index contributed by atoms with van der Waals surface area (Å²) in [5, 5.41) is 0. The average Bonchev–Trinajstić information content (AvgIpc) is 2.90. The van der Waals surface area contributed by atoms with E-state index in [0.717, 1.165) is 6.42 Å². The Morgan fingerprint density at radius 1 is 0.842 bits per heavy atom. The van der Waals surface area contributed by atoms with Crippen LogP contribution in [0.5, 0.6) is 0 Å². The van der Waals surface area contributed by atoms with Crippen LogP contribution < -0.4 is 0 Å². The predicted octanol–water partition coefficient (Wildman–Crippen LogP) is 9.52. The highest BCUT2D eigenvalue weighted by Gasteiger charge is 2.26. The van der Waals surface area contributed by atoms with Crippen LogP contribution >= 0.6 is 0 Å². The van der Waals surface area contributed by atoms with Crippen molar-refractivity contribution < 1.29 is 0 Å². The second-order valence-electron chi connectivity index (χ2n) is 10.6. The third kappa shape index (κ3) is 11.5. The van der Waals surface area contributed by atoms with E-state index in [1.807, 2.05) is 13.8 Å². The van der Waals surface area contributed by atoms with E-state index in [1.54, 1.807) is 0 Å². The van der Waals surface area contributed by atoms with Gasteiger partial charge in [0, 0.05) is 19.0 Å². The van der Waals surface area contributed by atoms with Gasteiger partial charge >= 0.3 is 0 Å². The molecule has 0 saturated heterocycles. The van der Waals surface area contributed by atoms with Crippen molar-refractivity contribution in [1.82, 2.24) is 9.80 Å². The van der Waals surface area contributed by atoms with Gasteiger partial charge in [-0.1, -0.05) is 100 Å². The molecule has 0 spiro atoms. The second kappa shape index (κ2) is 18.8. The van der Waals surface area contributed by atoms with Crippen LogP contribution in [0.2, 0.25) is 0 Å². The van der Waals surface area contributed by atoms with E-state index in [-0.39, 0.29) is 0 Å². The lowest BCUT2D eigenvalue weighted by atomic mass is 9.74. The van der Waals surface area contributed by atoms with Crippen molar-refractivity contribution in [3.63, 3.8) is 0 Å². The van der Waals surface area contributed by atoms with E-state index in [0.29, 0.717) is 5.92 Å². The average molecular weight is 517 g/mol. The number of fused-ring (bicyclic) bond motifs is 1. The predicted molar refractivity (Wildman–Crippen MR) is 172 cm³/mol. The summed E-state index contributed by atoms with van der Waals surface area (Å²) in [4.78, 5) is 5.08. The first-order valence-electron chi connectivity index (χ1n) is 14.8. The maximum Gasteiger partial charge on any atom is 0.0136 e. The molecule has 0 saturated carbocycles. The van der Waals surface area contributed by atoms with Crippen molar-refractivity contribution in [2.45, 2.75) is 80.6 Å². The Kier molecular flexibility index (Phi) is 16.6. The van der Waals surface area contributed by atoms with Crippen molar-refractivity contribution in [1.29, 1.82) is 0 Å². The highest BCUT2D eigenvalue weighted by Crippen LogP contribution is 2.43. The Hall–Kier alpha value is -2.42. The smallest absolute Gasteiger partial charge is 0.0136 e. The van der Waals surface area contributed by atoms with E-state index in [9.17, 15) is 0 Å². The summed E-state index contributed by atoms with van der Waals surface area (Å²) in [5.41, 5.74) is 9.15. The molecule has 0 radical (unpaired) electrons. The van der Waals surface area contributed by atoms with Gasteiger partial charge in [0.15, 0.2) is 0 Å². The number of rotatable bonds is 10. The lowest BCUT2D eigenvalue weighted by molar-refractivity contribution is 0.214. The zero-order valence-corrected chi connectivity index (χ0v) is 25.9. The minimum absolute atomic E-state index is 0.448. The summed E-state index contributed by atoms with van der Waals surface area (Å²) in [5.74, 6) is 0.448. The molecule has 2 aromatic carbocycles. The standard InChI is InChI=1S/C20H20.C12H28N2.C4H8/c1-4-16-13-20(17-11-9-14(2)10-12-17)19-8-6-5-7-18(19)15(16)3;1-5-9-14(10-6-2)12-11-13(7-3)8-4;1-4(2)3/h4-12,20H,3,13H2,1-2H3;5-12H2,1-4H3;1H2,2-3H3/b16-4-;;. The lowest BCUT2D eigenvalue weighted by Gasteiger charge is -2.29. The molecule has 1 aliphatic carbocycles. The second-order valence-corrected chi connectivity index (χ2v) is 10.6. The fourth-order valence-electron chi connectivity index (χ4n) is 4.88. The van der Waals surface area contributed by atoms with Crippen molar-refractivity contribution in [2.24, 2.45) is 0 Å². The summed E-state index contributed by atoms with van der Waals surface area (Å²) in [6.07, 6.45) is 5.81. The molecule has 0 bridgehead atoms. The molecule has 0 N–H and O–H groups in total. The van der Waals surface area contributed by atoms with Gasteiger partial charge in [-0.2, -0.15) is 0 Å². The number of nitrogens with zero attached hydrogens (tertiary/aromatic N) is 2. The zero-order chi connectivity index (χ0) is 28.5. The molecule has 0 aliphatic heterocycles. The van der Waals surface area contributed by atoms with Crippen LogP contribution in [-0.2, 0) is 0 Å². The molecule has 1 atom stereocenters. The highest BCUT2D eigenvalue weighted by molar-refractivity contribution is 5.82. The van der Waals surface area contributed by atoms with E-state index in [2.05, 4.69) is 119 Å². The summed E-state index contributed by atoms with van der Waals surface area (Å²) < 4.78 is 0. The molecule has 2 heteroatoms. The number of aryl methyl sites for hydroxylation is 1. The fraction of sp³-hybridized carbons (Fsp3) is 0.500. The molecule has 0 aromatic heterocycles. The Morgan fingerprint density at radius 2 is 1.37 bits per heavy atom. The normalized spacial score (nSPS) is 15.5. The molecule has 2 aromatic rings. The summed E-state index contributed by atoms with van der Waals surface area (Å²) in [6, 6.07) is 17.6. The molecule has 0 fully saturated rings. The first-order valence-corrected chi connectivity index (χ1v) is 14.8. The molecule has 1 unspecified atom stereocenters. The monoisotopic (exact) mass is 516 g/mol. The highest BCUT2D eigenvalue weighted by atomic mass is 15.2. The van der Waals surface area contributed by atoms with Gasteiger partial charge in [0.05, 0.1) is 0 Å². The van der Waals surface area contributed by atoms with Crippen molar-refractivity contribution in [2.75, 3.05) is 39.3 Å². The van der Waals surface area contributed by atoms with Crippen LogP contribution in [0.15, 0.2) is 78.9 Å². The van der Waals surface area contributed by atoms with Gasteiger partial charge in [-0.3, -0.25) is 0 Å². The zero-order valence-electron chi connectivity index (χ0n) is 25.9. The van der Waals surface area contributed by atoms with Gasteiger partial charge in [0.1, 0.15) is 0 Å². The Morgan fingerprint density at radius 3 is 1.87 bits per heavy atom. The molecule has 0 heterocycles. The summed E-state index contributed by atoms with van der Waals surface area (Å²) in [7, 11) is 0. The van der Waals surface area contributed by atoms with Gasteiger partial charge in [0.25, 0.3) is 0 Å². The van der Waals surface area contributed by atoms with E-state index >= 15 is 0 Å². The van der Waals surface area contributed by atoms with Crippen LogP contribution in [0.3, 0.4) is 0 Å². The van der Waals surface area contributed by atoms with Crippen LogP contribution in [0.4, 0.5) is 0 Å². The molecule has 3 rings (SSSR count). The van der Waals surface area contributed by atoms with Crippen LogP contribution in [0.1, 0.15) is 95.9 Å². The largest absolute Gasteiger partial charge is 0.303 e. The maximum atomic E-state index is 4.28. The summed E-state index contributed by atoms with van der Waals surface area (Å²) >= 11 is 0. The quantitative estimate of drug-likeness (QED) is 0.290. The molecule has 2 nitrogen and oxygen atoms in total. The number of benzene rings is 2. The number of hydrogen-bond donors (Lipinski definition) is 0. The molecule has 0 amide bonds. The first-order chi connectivity index (χ1) is 18.2. The fourth-order valence-corrected chi connectivity index (χ4v) is 4.88. The number of allylic oxidation sites excluding steroid dienone is 4. The van der Waals surface area contributed by atoms with Crippen molar-refractivity contribution >= 4 is 5.57 Å². The SMILES string of the molecule is C=C(C)C.C=C1/C(=C\C)CC(c2ccc(C)cc2)c2ccccc21.CCCN(CCC)CCN(CC)CC. The summed E-state index contributed by atoms with van der Waals surface area (Å²) in [6.45, 7) is 32.4. The topological polar surface area (TPSA) is 6.48 Å².